The fourth-order valence-corrected chi connectivity index (χ4v) is 1.68. The van der Waals surface area contributed by atoms with Crippen molar-refractivity contribution in [1.29, 1.82) is 0 Å². The molecule has 1 aromatic rings. The normalized spacial score (nSPS) is 9.87. The van der Waals surface area contributed by atoms with Gasteiger partial charge < -0.3 is 5.61 Å². The molecule has 0 saturated carbocycles. The van der Waals surface area contributed by atoms with Crippen molar-refractivity contribution in [3.05, 3.63) is 49.2 Å². The summed E-state index contributed by atoms with van der Waals surface area (Å²) in [5.41, 5.74) is 0.850. The molecule has 0 fully saturated rings. The van der Waals surface area contributed by atoms with Crippen molar-refractivity contribution in [1.82, 2.24) is 0 Å². The van der Waals surface area contributed by atoms with Gasteiger partial charge in [0.2, 0.25) is 0 Å². The molecule has 0 bridgehead atoms. The van der Waals surface area contributed by atoms with Crippen molar-refractivity contribution >= 4 is 16.2 Å². The Kier molecular flexibility index (Phi) is 5.90. The van der Waals surface area contributed by atoms with Crippen LogP contribution in [-0.2, 0) is 14.3 Å². The third kappa shape index (κ3) is 3.83. The van der Waals surface area contributed by atoms with Gasteiger partial charge >= 0.3 is 39.7 Å². The quantitative estimate of drug-likeness (QED) is 0.393. The van der Waals surface area contributed by atoms with Gasteiger partial charge in [0.1, 0.15) is 4.90 Å². The summed E-state index contributed by atoms with van der Waals surface area (Å²) in [5, 5.41) is 0. The largest absolute Gasteiger partial charge is 1.00 e. The summed E-state index contributed by atoms with van der Waals surface area (Å²) in [7, 11) is -3.69. The van der Waals surface area contributed by atoms with E-state index in [0.29, 0.717) is 0 Å². The smallest absolute Gasteiger partial charge is 1.00 e. The average molecular weight is 234 g/mol. The van der Waals surface area contributed by atoms with Gasteiger partial charge in [-0.25, -0.2) is 0 Å². The van der Waals surface area contributed by atoms with Crippen molar-refractivity contribution in [2.45, 2.75) is 4.90 Å². The van der Waals surface area contributed by atoms with E-state index < -0.39 is 10.1 Å². The molecular formula is C10H11NaO3S. The van der Waals surface area contributed by atoms with Crippen LogP contribution in [0.25, 0.3) is 6.08 Å². The van der Waals surface area contributed by atoms with Crippen LogP contribution >= 0.6 is 0 Å². The zero-order valence-electron chi connectivity index (χ0n) is 9.51. The van der Waals surface area contributed by atoms with E-state index in [9.17, 15) is 8.42 Å². The Morgan fingerprint density at radius 3 is 2.13 bits per heavy atom. The molecule has 5 heteroatoms. The number of hydrogen-bond donors (Lipinski definition) is 0. The maximum Gasteiger partial charge on any atom is 1.00 e. The first kappa shape index (κ1) is 14.5. The van der Waals surface area contributed by atoms with Crippen molar-refractivity contribution in [3.63, 3.8) is 0 Å². The molecule has 0 radical (unpaired) electrons. The molecule has 0 aliphatic carbocycles. The SMILES string of the molecule is C=COS(=O)(=O)c1ccc(C=C)cc1.[H-].[Na+]. The Morgan fingerprint density at radius 1 is 1.20 bits per heavy atom. The van der Waals surface area contributed by atoms with Gasteiger partial charge in [0.05, 0.1) is 6.26 Å². The van der Waals surface area contributed by atoms with E-state index in [1.165, 1.54) is 12.1 Å². The maximum atomic E-state index is 11.3. The van der Waals surface area contributed by atoms with E-state index >= 15 is 0 Å². The summed E-state index contributed by atoms with van der Waals surface area (Å²) in [4.78, 5) is 0.100. The molecule has 0 amide bonds. The molecule has 15 heavy (non-hydrogen) atoms. The molecule has 0 aromatic heterocycles. The molecule has 1 aromatic carbocycles. The first-order valence-electron chi connectivity index (χ1n) is 3.87. The minimum absolute atomic E-state index is 0. The topological polar surface area (TPSA) is 43.4 Å². The summed E-state index contributed by atoms with van der Waals surface area (Å²) in [6, 6.07) is 6.20. The molecule has 76 valence electrons. The molecular weight excluding hydrogens is 223 g/mol. The first-order valence-corrected chi connectivity index (χ1v) is 5.27. The van der Waals surface area contributed by atoms with Crippen molar-refractivity contribution in [2.24, 2.45) is 0 Å². The molecule has 0 N–H and O–H groups in total. The third-order valence-corrected chi connectivity index (χ3v) is 2.84. The Labute approximate surface area is 113 Å². The molecule has 0 aliphatic heterocycles. The Hall–Kier alpha value is -0.550. The predicted molar refractivity (Wildman–Crippen MR) is 56.1 cm³/mol. The van der Waals surface area contributed by atoms with E-state index in [1.807, 2.05) is 0 Å². The van der Waals surface area contributed by atoms with Crippen molar-refractivity contribution in [2.75, 3.05) is 0 Å². The first-order chi connectivity index (χ1) is 6.60. The van der Waals surface area contributed by atoms with Crippen LogP contribution < -0.4 is 29.6 Å². The van der Waals surface area contributed by atoms with E-state index in [2.05, 4.69) is 17.3 Å². The fourth-order valence-electron chi connectivity index (χ4n) is 0.916. The molecule has 0 aliphatic rings. The Morgan fingerprint density at radius 2 is 1.73 bits per heavy atom. The van der Waals surface area contributed by atoms with Crippen LogP contribution in [0, 0.1) is 0 Å². The van der Waals surface area contributed by atoms with Gasteiger partial charge in [-0.2, -0.15) is 8.42 Å². The van der Waals surface area contributed by atoms with Crippen LogP contribution in [0.3, 0.4) is 0 Å². The standard InChI is InChI=1S/C10H10O3S.Na.H/c1-3-9-5-7-10(8-6-9)14(11,12)13-4-2;;/h3-8H,1-2H2;;/q;+1;-1. The summed E-state index contributed by atoms with van der Waals surface area (Å²) < 4.78 is 27.0. The van der Waals surface area contributed by atoms with E-state index in [1.54, 1.807) is 18.2 Å². The van der Waals surface area contributed by atoms with E-state index in [4.69, 9.17) is 0 Å². The summed E-state index contributed by atoms with van der Waals surface area (Å²) >= 11 is 0. The monoisotopic (exact) mass is 234 g/mol. The number of hydrogen-bond acceptors (Lipinski definition) is 3. The minimum Gasteiger partial charge on any atom is -1.00 e. The second-order valence-electron chi connectivity index (χ2n) is 2.49. The minimum atomic E-state index is -3.69. The second kappa shape index (κ2) is 6.12. The molecule has 0 saturated heterocycles. The second-order valence-corrected chi connectivity index (χ2v) is 4.06. The average Bonchev–Trinajstić information content (AvgIpc) is 2.18. The van der Waals surface area contributed by atoms with Gasteiger partial charge in [0.25, 0.3) is 0 Å². The van der Waals surface area contributed by atoms with Crippen LogP contribution in [0.15, 0.2) is 48.6 Å². The number of benzene rings is 1. The third-order valence-electron chi connectivity index (χ3n) is 1.60. The summed E-state index contributed by atoms with van der Waals surface area (Å²) in [5.74, 6) is 0. The number of rotatable bonds is 4. The van der Waals surface area contributed by atoms with Crippen LogP contribution in [0.1, 0.15) is 6.99 Å². The van der Waals surface area contributed by atoms with Crippen LogP contribution in [0.2, 0.25) is 0 Å². The van der Waals surface area contributed by atoms with E-state index in [-0.39, 0.29) is 35.9 Å². The molecule has 0 heterocycles. The van der Waals surface area contributed by atoms with E-state index in [0.717, 1.165) is 11.8 Å². The fraction of sp³-hybridized carbons (Fsp3) is 0. The molecule has 1 rings (SSSR count). The molecule has 3 nitrogen and oxygen atoms in total. The molecule has 0 spiro atoms. The predicted octanol–water partition coefficient (Wildman–Crippen LogP) is -0.705. The van der Waals surface area contributed by atoms with Crippen LogP contribution in [0.4, 0.5) is 0 Å². The van der Waals surface area contributed by atoms with Gasteiger partial charge in [0, 0.05) is 0 Å². The van der Waals surface area contributed by atoms with Gasteiger partial charge in [-0.05, 0) is 17.7 Å². The van der Waals surface area contributed by atoms with Crippen molar-refractivity contribution < 1.29 is 43.6 Å². The van der Waals surface area contributed by atoms with Gasteiger partial charge in [-0.1, -0.05) is 31.4 Å². The summed E-state index contributed by atoms with van der Waals surface area (Å²) in [6.45, 7) is 6.75. The van der Waals surface area contributed by atoms with Crippen LogP contribution in [-0.4, -0.2) is 8.42 Å². The maximum absolute atomic E-state index is 11.3. The van der Waals surface area contributed by atoms with Gasteiger partial charge in [0.15, 0.2) is 0 Å². The zero-order chi connectivity index (χ0) is 10.6. The zero-order valence-corrected chi connectivity index (χ0v) is 11.3. The van der Waals surface area contributed by atoms with Crippen molar-refractivity contribution in [3.8, 4) is 0 Å². The van der Waals surface area contributed by atoms with Gasteiger partial charge in [-0.15, -0.1) is 0 Å². The summed E-state index contributed by atoms with van der Waals surface area (Å²) in [6.07, 6.45) is 2.52. The molecule has 0 atom stereocenters. The van der Waals surface area contributed by atoms with Crippen LogP contribution in [0.5, 0.6) is 0 Å². The molecule has 0 unspecified atom stereocenters. The van der Waals surface area contributed by atoms with Gasteiger partial charge in [-0.3, -0.25) is 0 Å². The Bertz CT molecular complexity index is 440. The Balaban J connectivity index is 0.